The fourth-order valence-electron chi connectivity index (χ4n) is 3.32. The standard InChI is InChI=1S/C14H18O6/c1-7-11-12(17)13(10(6-15)14(11,18)20-7)19-9-4-2-8(16)3-5-9/h2-5,7,10-13,15-18H,6H2,1H3/t7-,10?,11?,12?,13-,14?/m1/s1. The number of phenols is 1. The third kappa shape index (κ3) is 1.80. The number of phenolic OH excluding ortho intramolecular Hbond substituents is 1. The minimum Gasteiger partial charge on any atom is -0.508 e. The molecule has 6 nitrogen and oxygen atoms in total. The molecule has 0 aromatic heterocycles. The zero-order chi connectivity index (χ0) is 14.5. The zero-order valence-corrected chi connectivity index (χ0v) is 11.0. The maximum atomic E-state index is 10.4. The Bertz CT molecular complexity index is 489. The molecule has 0 bridgehead atoms. The van der Waals surface area contributed by atoms with E-state index in [0.717, 1.165) is 0 Å². The van der Waals surface area contributed by atoms with Crippen LogP contribution in [0.5, 0.6) is 11.5 Å². The van der Waals surface area contributed by atoms with Gasteiger partial charge in [-0.05, 0) is 31.2 Å². The van der Waals surface area contributed by atoms with Gasteiger partial charge in [0.15, 0.2) is 5.79 Å². The van der Waals surface area contributed by atoms with Gasteiger partial charge in [0, 0.05) is 0 Å². The van der Waals surface area contributed by atoms with Crippen molar-refractivity contribution in [2.24, 2.45) is 11.8 Å². The Balaban J connectivity index is 1.83. The van der Waals surface area contributed by atoms with Crippen LogP contribution in [0.4, 0.5) is 0 Å². The Morgan fingerprint density at radius 1 is 1.30 bits per heavy atom. The summed E-state index contributed by atoms with van der Waals surface area (Å²) >= 11 is 0. The number of aliphatic hydroxyl groups excluding tert-OH is 2. The number of benzene rings is 1. The maximum absolute atomic E-state index is 10.4. The smallest absolute Gasteiger partial charge is 0.182 e. The van der Waals surface area contributed by atoms with E-state index in [9.17, 15) is 20.4 Å². The number of ether oxygens (including phenoxy) is 2. The highest BCUT2D eigenvalue weighted by Gasteiger charge is 2.70. The third-order valence-electron chi connectivity index (χ3n) is 4.30. The molecule has 6 heteroatoms. The van der Waals surface area contributed by atoms with Crippen molar-refractivity contribution in [1.29, 1.82) is 0 Å². The summed E-state index contributed by atoms with van der Waals surface area (Å²) in [5, 5.41) is 39.4. The Morgan fingerprint density at radius 2 is 1.95 bits per heavy atom. The van der Waals surface area contributed by atoms with E-state index >= 15 is 0 Å². The van der Waals surface area contributed by atoms with Gasteiger partial charge in [-0.25, -0.2) is 0 Å². The zero-order valence-electron chi connectivity index (χ0n) is 11.0. The fraction of sp³-hybridized carbons (Fsp3) is 0.571. The molecule has 110 valence electrons. The maximum Gasteiger partial charge on any atom is 0.182 e. The van der Waals surface area contributed by atoms with Gasteiger partial charge in [-0.15, -0.1) is 0 Å². The second kappa shape index (κ2) is 4.60. The molecule has 1 saturated carbocycles. The van der Waals surface area contributed by atoms with Crippen molar-refractivity contribution in [1.82, 2.24) is 0 Å². The number of aromatic hydroxyl groups is 1. The summed E-state index contributed by atoms with van der Waals surface area (Å²) in [5.74, 6) is -2.16. The number of fused-ring (bicyclic) bond motifs is 1. The lowest BCUT2D eigenvalue weighted by Crippen LogP contribution is -2.61. The monoisotopic (exact) mass is 282 g/mol. The summed E-state index contributed by atoms with van der Waals surface area (Å²) in [7, 11) is 0. The molecular weight excluding hydrogens is 264 g/mol. The molecule has 1 aliphatic heterocycles. The van der Waals surface area contributed by atoms with Crippen LogP contribution in [0.3, 0.4) is 0 Å². The van der Waals surface area contributed by atoms with Crippen molar-refractivity contribution in [3.05, 3.63) is 24.3 Å². The van der Waals surface area contributed by atoms with Gasteiger partial charge in [-0.2, -0.15) is 0 Å². The first-order valence-corrected chi connectivity index (χ1v) is 6.62. The van der Waals surface area contributed by atoms with Crippen molar-refractivity contribution in [3.63, 3.8) is 0 Å². The molecule has 1 saturated heterocycles. The summed E-state index contributed by atoms with van der Waals surface area (Å²) in [6, 6.07) is 6.05. The van der Waals surface area contributed by atoms with Crippen molar-refractivity contribution in [3.8, 4) is 11.5 Å². The van der Waals surface area contributed by atoms with E-state index in [4.69, 9.17) is 9.47 Å². The second-order valence-electron chi connectivity index (χ2n) is 5.46. The summed E-state index contributed by atoms with van der Waals surface area (Å²) in [4.78, 5) is 0. The topological polar surface area (TPSA) is 99.4 Å². The van der Waals surface area contributed by atoms with Gasteiger partial charge in [0.1, 0.15) is 23.7 Å². The lowest BCUT2D eigenvalue weighted by Gasteiger charge is -2.48. The molecule has 4 unspecified atom stereocenters. The first kappa shape index (κ1) is 13.6. The van der Waals surface area contributed by atoms with Gasteiger partial charge in [0.2, 0.25) is 0 Å². The van der Waals surface area contributed by atoms with Crippen LogP contribution < -0.4 is 4.74 Å². The second-order valence-corrected chi connectivity index (χ2v) is 5.46. The largest absolute Gasteiger partial charge is 0.508 e. The quantitative estimate of drug-likeness (QED) is 0.615. The van der Waals surface area contributed by atoms with Gasteiger partial charge in [0.25, 0.3) is 0 Å². The summed E-state index contributed by atoms with van der Waals surface area (Å²) < 4.78 is 11.0. The van der Waals surface area contributed by atoms with Crippen molar-refractivity contribution in [2.75, 3.05) is 6.61 Å². The van der Waals surface area contributed by atoms with Crippen LogP contribution in [0, 0.1) is 11.8 Å². The molecule has 0 amide bonds. The van der Waals surface area contributed by atoms with Crippen LogP contribution in [-0.2, 0) is 4.74 Å². The minimum absolute atomic E-state index is 0.110. The Kier molecular flexibility index (Phi) is 3.13. The minimum atomic E-state index is -1.53. The highest BCUT2D eigenvalue weighted by Crippen LogP contribution is 2.53. The number of hydrogen-bond donors (Lipinski definition) is 4. The van der Waals surface area contributed by atoms with E-state index < -0.39 is 29.8 Å². The number of rotatable bonds is 3. The number of aliphatic hydroxyl groups is 3. The Hall–Kier alpha value is -1.34. The van der Waals surface area contributed by atoms with Gasteiger partial charge < -0.3 is 29.9 Å². The molecule has 1 aromatic carbocycles. The molecule has 2 fully saturated rings. The molecule has 2 aliphatic rings. The molecule has 1 aliphatic carbocycles. The first-order chi connectivity index (χ1) is 9.47. The van der Waals surface area contributed by atoms with Crippen molar-refractivity contribution in [2.45, 2.75) is 31.0 Å². The van der Waals surface area contributed by atoms with Gasteiger partial charge in [-0.1, -0.05) is 0 Å². The lowest BCUT2D eigenvalue weighted by atomic mass is 9.85. The third-order valence-corrected chi connectivity index (χ3v) is 4.30. The average Bonchev–Trinajstić information content (AvgIpc) is 2.55. The van der Waals surface area contributed by atoms with Crippen LogP contribution in [-0.4, -0.2) is 51.1 Å². The molecule has 3 rings (SSSR count). The average molecular weight is 282 g/mol. The first-order valence-electron chi connectivity index (χ1n) is 6.62. The normalized spacial score (nSPS) is 42.9. The summed E-state index contributed by atoms with van der Waals surface area (Å²) in [6.07, 6.45) is -1.96. The molecule has 0 radical (unpaired) electrons. The van der Waals surface area contributed by atoms with Gasteiger partial charge in [0.05, 0.1) is 24.5 Å². The highest BCUT2D eigenvalue weighted by atomic mass is 16.7. The fourth-order valence-corrected chi connectivity index (χ4v) is 3.32. The molecule has 0 spiro atoms. The predicted octanol–water partition coefficient (Wildman–Crippen LogP) is -0.154. The lowest BCUT2D eigenvalue weighted by molar-refractivity contribution is -0.375. The van der Waals surface area contributed by atoms with Crippen LogP contribution >= 0.6 is 0 Å². The van der Waals surface area contributed by atoms with Crippen LogP contribution in [0.25, 0.3) is 0 Å². The van der Waals surface area contributed by atoms with E-state index in [1.807, 2.05) is 0 Å². The van der Waals surface area contributed by atoms with Crippen LogP contribution in [0.2, 0.25) is 0 Å². The molecule has 1 heterocycles. The molecule has 1 aromatic rings. The van der Waals surface area contributed by atoms with Crippen molar-refractivity contribution < 1.29 is 29.9 Å². The number of hydrogen-bond acceptors (Lipinski definition) is 6. The van der Waals surface area contributed by atoms with Crippen LogP contribution in [0.15, 0.2) is 24.3 Å². The molecule has 4 N–H and O–H groups in total. The summed E-state index contributed by atoms with van der Waals surface area (Å²) in [6.45, 7) is 1.42. The van der Waals surface area contributed by atoms with Crippen LogP contribution in [0.1, 0.15) is 6.92 Å². The predicted molar refractivity (Wildman–Crippen MR) is 68.1 cm³/mol. The van der Waals surface area contributed by atoms with Crippen molar-refractivity contribution >= 4 is 0 Å². The molecule has 20 heavy (non-hydrogen) atoms. The van der Waals surface area contributed by atoms with Gasteiger partial charge >= 0.3 is 0 Å². The Labute approximate surface area is 116 Å². The van der Waals surface area contributed by atoms with E-state index in [1.54, 1.807) is 19.1 Å². The van der Waals surface area contributed by atoms with E-state index in [0.29, 0.717) is 5.75 Å². The highest BCUT2D eigenvalue weighted by molar-refractivity contribution is 5.31. The molecular formula is C14H18O6. The SMILES string of the molecule is C[C@H]1OC2(O)C(CO)[C@@H](Oc3ccc(O)cc3)C(O)C12. The van der Waals surface area contributed by atoms with E-state index in [1.165, 1.54) is 12.1 Å². The van der Waals surface area contributed by atoms with E-state index in [-0.39, 0.29) is 18.5 Å². The van der Waals surface area contributed by atoms with Gasteiger partial charge in [-0.3, -0.25) is 0 Å². The molecule has 6 atom stereocenters. The Morgan fingerprint density at radius 3 is 2.50 bits per heavy atom. The summed E-state index contributed by atoms with van der Waals surface area (Å²) in [5.41, 5.74) is 0. The van der Waals surface area contributed by atoms with E-state index in [2.05, 4.69) is 0 Å².